The van der Waals surface area contributed by atoms with Crippen molar-refractivity contribution >= 4 is 15.9 Å². The number of nitrogens with zero attached hydrogens (tertiary/aromatic N) is 2. The lowest BCUT2D eigenvalue weighted by atomic mass is 10.2. The molecule has 0 aliphatic heterocycles. The van der Waals surface area contributed by atoms with Crippen LogP contribution in [0.5, 0.6) is 0 Å². The molecule has 5 heteroatoms. The summed E-state index contributed by atoms with van der Waals surface area (Å²) < 4.78 is 16.3. The van der Waals surface area contributed by atoms with Gasteiger partial charge in [-0.15, -0.1) is 0 Å². The number of hydrogen-bond acceptors (Lipinski definition) is 2. The zero-order chi connectivity index (χ0) is 13.8. The van der Waals surface area contributed by atoms with Gasteiger partial charge in [0.15, 0.2) is 0 Å². The van der Waals surface area contributed by atoms with Crippen LogP contribution in [0.2, 0.25) is 0 Å². The van der Waals surface area contributed by atoms with Crippen LogP contribution in [0.1, 0.15) is 31.0 Å². The van der Waals surface area contributed by atoms with Gasteiger partial charge in [0.2, 0.25) is 0 Å². The predicted octanol–water partition coefficient (Wildman–Crippen LogP) is 3.50. The van der Waals surface area contributed by atoms with Gasteiger partial charge >= 0.3 is 0 Å². The molecular formula is C14H17BrFN3. The Labute approximate surface area is 121 Å². The number of hydrogen-bond donors (Lipinski definition) is 1. The predicted molar refractivity (Wildman–Crippen MR) is 77.5 cm³/mol. The Morgan fingerprint density at radius 1 is 1.47 bits per heavy atom. The van der Waals surface area contributed by atoms with Crippen molar-refractivity contribution in [2.24, 2.45) is 0 Å². The van der Waals surface area contributed by atoms with Crippen molar-refractivity contribution in [3.8, 4) is 0 Å². The third-order valence-corrected chi connectivity index (χ3v) is 3.50. The van der Waals surface area contributed by atoms with Gasteiger partial charge in [0.05, 0.1) is 12.7 Å². The van der Waals surface area contributed by atoms with Gasteiger partial charge in [-0.2, -0.15) is 5.10 Å². The molecule has 1 N–H and O–H groups in total. The molecule has 1 aromatic carbocycles. The van der Waals surface area contributed by atoms with Crippen molar-refractivity contribution in [1.29, 1.82) is 0 Å². The van der Waals surface area contributed by atoms with E-state index in [1.807, 2.05) is 12.4 Å². The van der Waals surface area contributed by atoms with E-state index in [9.17, 15) is 4.39 Å². The highest BCUT2D eigenvalue weighted by atomic mass is 79.9. The second-order valence-corrected chi connectivity index (χ2v) is 5.40. The molecule has 2 rings (SSSR count). The maximum Gasteiger partial charge on any atom is 0.128 e. The summed E-state index contributed by atoms with van der Waals surface area (Å²) in [4.78, 5) is 0. The first kappa shape index (κ1) is 14.2. The molecule has 3 nitrogen and oxygen atoms in total. The first-order valence-electron chi connectivity index (χ1n) is 6.29. The number of aromatic nitrogens is 2. The maximum absolute atomic E-state index is 13.7. The first-order chi connectivity index (χ1) is 9.10. The molecule has 19 heavy (non-hydrogen) atoms. The quantitative estimate of drug-likeness (QED) is 0.911. The Balaban J connectivity index is 2.13. The molecule has 0 saturated carbocycles. The smallest absolute Gasteiger partial charge is 0.128 e. The Morgan fingerprint density at radius 2 is 2.26 bits per heavy atom. The van der Waals surface area contributed by atoms with Crippen LogP contribution in [0.3, 0.4) is 0 Å². The molecule has 102 valence electrons. The minimum atomic E-state index is -0.208. The van der Waals surface area contributed by atoms with Crippen molar-refractivity contribution in [2.75, 3.05) is 6.54 Å². The van der Waals surface area contributed by atoms with Crippen molar-refractivity contribution in [3.05, 3.63) is 52.0 Å². The Morgan fingerprint density at radius 3 is 3.00 bits per heavy atom. The monoisotopic (exact) mass is 325 g/mol. The van der Waals surface area contributed by atoms with E-state index in [-0.39, 0.29) is 11.9 Å². The standard InChI is InChI=1S/C14H17BrFN3/c1-3-17-10(2)12-7-18-19(9-12)8-11-6-13(15)4-5-14(11)16/h4-7,9-10,17H,3,8H2,1-2H3. The molecule has 0 fully saturated rings. The van der Waals surface area contributed by atoms with E-state index < -0.39 is 0 Å². The third-order valence-electron chi connectivity index (χ3n) is 3.00. The lowest BCUT2D eigenvalue weighted by Crippen LogP contribution is -2.17. The van der Waals surface area contributed by atoms with E-state index in [2.05, 4.69) is 40.2 Å². The van der Waals surface area contributed by atoms with Crippen LogP contribution >= 0.6 is 15.9 Å². The largest absolute Gasteiger partial charge is 0.310 e. The number of halogens is 2. The molecule has 0 spiro atoms. The van der Waals surface area contributed by atoms with Crippen LogP contribution < -0.4 is 5.32 Å². The Bertz CT molecular complexity index is 553. The van der Waals surface area contributed by atoms with Crippen LogP contribution in [0.15, 0.2) is 35.1 Å². The molecule has 0 saturated heterocycles. The van der Waals surface area contributed by atoms with Gasteiger partial charge in [-0.1, -0.05) is 22.9 Å². The highest BCUT2D eigenvalue weighted by molar-refractivity contribution is 9.10. The number of nitrogens with one attached hydrogen (secondary N) is 1. The van der Waals surface area contributed by atoms with Gasteiger partial charge in [-0.25, -0.2) is 4.39 Å². The average molecular weight is 326 g/mol. The molecule has 1 heterocycles. The minimum absolute atomic E-state index is 0.208. The second kappa shape index (κ2) is 6.30. The van der Waals surface area contributed by atoms with Crippen molar-refractivity contribution in [1.82, 2.24) is 15.1 Å². The normalized spacial score (nSPS) is 12.6. The fraction of sp³-hybridized carbons (Fsp3) is 0.357. The molecule has 1 unspecified atom stereocenters. The first-order valence-corrected chi connectivity index (χ1v) is 7.09. The van der Waals surface area contributed by atoms with Crippen LogP contribution in [0.4, 0.5) is 4.39 Å². The molecule has 2 aromatic rings. The molecule has 0 radical (unpaired) electrons. The van der Waals surface area contributed by atoms with Gasteiger partial charge in [-0.3, -0.25) is 4.68 Å². The van der Waals surface area contributed by atoms with Crippen molar-refractivity contribution in [2.45, 2.75) is 26.4 Å². The van der Waals surface area contributed by atoms with Crippen LogP contribution in [0.25, 0.3) is 0 Å². The number of rotatable bonds is 5. The molecule has 1 aromatic heterocycles. The van der Waals surface area contributed by atoms with Gasteiger partial charge < -0.3 is 5.32 Å². The fourth-order valence-electron chi connectivity index (χ4n) is 1.95. The highest BCUT2D eigenvalue weighted by Gasteiger charge is 2.08. The molecule has 0 aliphatic rings. The molecule has 1 atom stereocenters. The summed E-state index contributed by atoms with van der Waals surface area (Å²) in [6.07, 6.45) is 3.77. The van der Waals surface area contributed by atoms with Gasteiger partial charge in [-0.05, 0) is 31.7 Å². The van der Waals surface area contributed by atoms with Gasteiger partial charge in [0.25, 0.3) is 0 Å². The zero-order valence-corrected chi connectivity index (χ0v) is 12.6. The van der Waals surface area contributed by atoms with Crippen molar-refractivity contribution < 1.29 is 4.39 Å². The SMILES string of the molecule is CCNC(C)c1cnn(Cc2cc(Br)ccc2F)c1. The van der Waals surface area contributed by atoms with Gasteiger partial charge in [0.1, 0.15) is 5.82 Å². The molecular weight excluding hydrogens is 309 g/mol. The second-order valence-electron chi connectivity index (χ2n) is 4.49. The van der Waals surface area contributed by atoms with E-state index in [0.717, 1.165) is 16.6 Å². The molecule has 0 aliphatic carbocycles. The van der Waals surface area contributed by atoms with Crippen LogP contribution in [-0.2, 0) is 6.54 Å². The van der Waals surface area contributed by atoms with E-state index in [0.29, 0.717) is 12.1 Å². The van der Waals surface area contributed by atoms with Gasteiger partial charge in [0, 0.05) is 27.8 Å². The fourth-order valence-corrected chi connectivity index (χ4v) is 2.36. The summed E-state index contributed by atoms with van der Waals surface area (Å²) in [6, 6.07) is 5.20. The Kier molecular flexibility index (Phi) is 4.71. The lowest BCUT2D eigenvalue weighted by Gasteiger charge is -2.09. The average Bonchev–Trinajstić information content (AvgIpc) is 2.83. The van der Waals surface area contributed by atoms with E-state index in [4.69, 9.17) is 0 Å². The maximum atomic E-state index is 13.7. The van der Waals surface area contributed by atoms with E-state index in [1.54, 1.807) is 16.8 Å². The Hall–Kier alpha value is -1.20. The third kappa shape index (κ3) is 3.64. The topological polar surface area (TPSA) is 29.9 Å². The van der Waals surface area contributed by atoms with E-state index >= 15 is 0 Å². The lowest BCUT2D eigenvalue weighted by molar-refractivity contribution is 0.581. The van der Waals surface area contributed by atoms with Crippen LogP contribution in [0, 0.1) is 5.82 Å². The minimum Gasteiger partial charge on any atom is -0.310 e. The van der Waals surface area contributed by atoms with E-state index in [1.165, 1.54) is 6.07 Å². The summed E-state index contributed by atoms with van der Waals surface area (Å²) >= 11 is 3.35. The summed E-state index contributed by atoms with van der Waals surface area (Å²) in [5, 5.41) is 7.60. The molecule has 0 bridgehead atoms. The summed E-state index contributed by atoms with van der Waals surface area (Å²) in [7, 11) is 0. The summed E-state index contributed by atoms with van der Waals surface area (Å²) in [5.74, 6) is -0.208. The van der Waals surface area contributed by atoms with Crippen LogP contribution in [-0.4, -0.2) is 16.3 Å². The number of benzene rings is 1. The highest BCUT2D eigenvalue weighted by Crippen LogP contribution is 2.17. The van der Waals surface area contributed by atoms with Crippen molar-refractivity contribution in [3.63, 3.8) is 0 Å². The molecule has 0 amide bonds. The summed E-state index contributed by atoms with van der Waals surface area (Å²) in [6.45, 7) is 5.50. The summed E-state index contributed by atoms with van der Waals surface area (Å²) in [5.41, 5.74) is 1.73. The zero-order valence-electron chi connectivity index (χ0n) is 11.0.